The van der Waals surface area contributed by atoms with E-state index in [1.165, 1.54) is 7.11 Å². The Morgan fingerprint density at radius 2 is 2.28 bits per heavy atom. The van der Waals surface area contributed by atoms with E-state index in [4.69, 9.17) is 11.6 Å². The Bertz CT molecular complexity index is 443. The first-order valence-corrected chi connectivity index (χ1v) is 6.94. The number of thiazole rings is 1. The van der Waals surface area contributed by atoms with Crippen LogP contribution in [0, 0.1) is 0 Å². The fourth-order valence-electron chi connectivity index (χ4n) is 2.05. The summed E-state index contributed by atoms with van der Waals surface area (Å²) >= 11 is 6.98. The molecule has 18 heavy (non-hydrogen) atoms. The number of aliphatic hydroxyl groups is 1. The highest BCUT2D eigenvalue weighted by atomic mass is 35.5. The molecule has 0 amide bonds. The predicted octanol–water partition coefficient (Wildman–Crippen LogP) is 2.30. The zero-order valence-electron chi connectivity index (χ0n) is 10.0. The molecule has 2 N–H and O–H groups in total. The van der Waals surface area contributed by atoms with Gasteiger partial charge in [-0.2, -0.15) is 0 Å². The molecule has 1 aliphatic rings. The number of hydrogen-bond acceptors (Lipinski definition) is 6. The molecule has 0 bridgehead atoms. The van der Waals surface area contributed by atoms with Crippen molar-refractivity contribution in [3.8, 4) is 0 Å². The number of nitrogens with zero attached hydrogens (tertiary/aromatic N) is 1. The van der Waals surface area contributed by atoms with Gasteiger partial charge in [0.15, 0.2) is 15.2 Å². The lowest BCUT2D eigenvalue weighted by molar-refractivity contribution is 0.0603. The third kappa shape index (κ3) is 2.93. The minimum atomic E-state index is -0.663. The largest absolute Gasteiger partial charge is 0.465 e. The highest BCUT2D eigenvalue weighted by molar-refractivity contribution is 7.18. The lowest BCUT2D eigenvalue weighted by Crippen LogP contribution is -2.33. The number of methoxy groups -OCH3 is 1. The summed E-state index contributed by atoms with van der Waals surface area (Å²) in [5.74, 6) is -0.495. The van der Waals surface area contributed by atoms with Gasteiger partial charge in [-0.05, 0) is 12.8 Å². The molecule has 0 spiro atoms. The van der Waals surface area contributed by atoms with Gasteiger partial charge in [-0.3, -0.25) is 0 Å². The van der Waals surface area contributed by atoms with Crippen LogP contribution in [-0.4, -0.2) is 35.3 Å². The molecule has 2 rings (SSSR count). The number of halogens is 1. The summed E-state index contributed by atoms with van der Waals surface area (Å²) in [5, 5.41) is 13.9. The summed E-state index contributed by atoms with van der Waals surface area (Å²) in [7, 11) is 1.30. The normalized spacial score (nSPS) is 17.7. The van der Waals surface area contributed by atoms with E-state index in [1.807, 2.05) is 0 Å². The summed E-state index contributed by atoms with van der Waals surface area (Å²) < 4.78 is 4.60. The van der Waals surface area contributed by atoms with Gasteiger partial charge in [0.25, 0.3) is 0 Å². The zero-order valence-corrected chi connectivity index (χ0v) is 11.6. The molecule has 1 aromatic rings. The molecule has 0 aromatic carbocycles. The molecule has 0 radical (unpaired) electrons. The smallest absolute Gasteiger partial charge is 0.351 e. The Morgan fingerprint density at radius 1 is 1.61 bits per heavy atom. The molecule has 1 aromatic heterocycles. The van der Waals surface area contributed by atoms with E-state index in [0.29, 0.717) is 11.7 Å². The highest BCUT2D eigenvalue weighted by Crippen LogP contribution is 2.31. The maximum absolute atomic E-state index is 11.4. The van der Waals surface area contributed by atoms with Crippen LogP contribution in [0.15, 0.2) is 0 Å². The number of hydrogen-bond donors (Lipinski definition) is 2. The number of esters is 1. The predicted molar refractivity (Wildman–Crippen MR) is 70.4 cm³/mol. The second-order valence-electron chi connectivity index (χ2n) is 4.42. The topological polar surface area (TPSA) is 71.5 Å². The van der Waals surface area contributed by atoms with Crippen molar-refractivity contribution in [1.82, 2.24) is 4.98 Å². The molecule has 100 valence electrons. The van der Waals surface area contributed by atoms with Gasteiger partial charge in [-0.25, -0.2) is 9.78 Å². The van der Waals surface area contributed by atoms with Gasteiger partial charge in [0.05, 0.1) is 12.7 Å². The molecule has 1 fully saturated rings. The van der Waals surface area contributed by atoms with Crippen LogP contribution in [0.4, 0.5) is 5.13 Å². The van der Waals surface area contributed by atoms with Gasteiger partial charge in [-0.1, -0.05) is 35.8 Å². The van der Waals surface area contributed by atoms with Crippen molar-refractivity contribution in [2.24, 2.45) is 0 Å². The van der Waals surface area contributed by atoms with Crippen molar-refractivity contribution < 1.29 is 14.6 Å². The van der Waals surface area contributed by atoms with Crippen molar-refractivity contribution in [2.75, 3.05) is 19.0 Å². The van der Waals surface area contributed by atoms with Gasteiger partial charge in [-0.15, -0.1) is 0 Å². The quantitative estimate of drug-likeness (QED) is 0.833. The van der Waals surface area contributed by atoms with Crippen LogP contribution in [-0.2, 0) is 4.74 Å². The first-order valence-electron chi connectivity index (χ1n) is 5.75. The summed E-state index contributed by atoms with van der Waals surface area (Å²) in [6.07, 6.45) is 3.68. The van der Waals surface area contributed by atoms with Crippen molar-refractivity contribution in [2.45, 2.75) is 31.3 Å². The average molecular weight is 291 g/mol. The van der Waals surface area contributed by atoms with Gasteiger partial charge in [0, 0.05) is 6.54 Å². The monoisotopic (exact) mass is 290 g/mol. The minimum Gasteiger partial charge on any atom is -0.465 e. The number of carbonyl (C=O) groups is 1. The molecule has 7 heteroatoms. The van der Waals surface area contributed by atoms with Crippen LogP contribution in [0.2, 0.25) is 5.15 Å². The number of anilines is 1. The summed E-state index contributed by atoms with van der Waals surface area (Å²) in [6.45, 7) is 0.428. The van der Waals surface area contributed by atoms with Crippen LogP contribution in [0.5, 0.6) is 0 Å². The number of nitrogens with one attached hydrogen (secondary N) is 1. The molecule has 0 saturated heterocycles. The lowest BCUT2D eigenvalue weighted by Gasteiger charge is -2.21. The van der Waals surface area contributed by atoms with E-state index in [1.54, 1.807) is 0 Å². The van der Waals surface area contributed by atoms with Gasteiger partial charge in [0.1, 0.15) is 0 Å². The molecule has 0 aliphatic heterocycles. The highest BCUT2D eigenvalue weighted by Gasteiger charge is 2.31. The van der Waals surface area contributed by atoms with E-state index in [-0.39, 0.29) is 10.0 Å². The SMILES string of the molecule is COC(=O)c1sc(NCC2(O)CCCC2)nc1Cl. The van der Waals surface area contributed by atoms with Crippen LogP contribution < -0.4 is 5.32 Å². The maximum atomic E-state index is 11.4. The summed E-state index contributed by atoms with van der Waals surface area (Å²) in [5.41, 5.74) is -0.663. The van der Waals surface area contributed by atoms with Crippen molar-refractivity contribution in [3.63, 3.8) is 0 Å². The van der Waals surface area contributed by atoms with E-state index < -0.39 is 11.6 Å². The zero-order chi connectivity index (χ0) is 13.2. The van der Waals surface area contributed by atoms with E-state index in [2.05, 4.69) is 15.0 Å². The van der Waals surface area contributed by atoms with E-state index in [0.717, 1.165) is 37.0 Å². The molecule has 1 aliphatic carbocycles. The standard InChI is InChI=1S/C11H15ClN2O3S/c1-17-9(15)7-8(12)14-10(18-7)13-6-11(16)4-2-3-5-11/h16H,2-6H2,1H3,(H,13,14). The molecular weight excluding hydrogens is 276 g/mol. The summed E-state index contributed by atoms with van der Waals surface area (Å²) in [4.78, 5) is 15.7. The maximum Gasteiger partial charge on any atom is 0.351 e. The van der Waals surface area contributed by atoms with E-state index >= 15 is 0 Å². The number of ether oxygens (including phenoxy) is 1. The molecule has 0 atom stereocenters. The Hall–Kier alpha value is -0.850. The first kappa shape index (κ1) is 13.6. The number of carbonyl (C=O) groups excluding carboxylic acids is 1. The molecule has 5 nitrogen and oxygen atoms in total. The molecule has 1 heterocycles. The Morgan fingerprint density at radius 3 is 2.89 bits per heavy atom. The molecular formula is C11H15ClN2O3S. The fraction of sp³-hybridized carbons (Fsp3) is 0.636. The van der Waals surface area contributed by atoms with Gasteiger partial charge < -0.3 is 15.2 Å². The third-order valence-electron chi connectivity index (χ3n) is 3.06. The Kier molecular flexibility index (Phi) is 4.09. The Labute approximate surface area is 114 Å². The molecule has 0 unspecified atom stereocenters. The van der Waals surface area contributed by atoms with Gasteiger partial charge in [0.2, 0.25) is 0 Å². The van der Waals surface area contributed by atoms with Crippen LogP contribution in [0.1, 0.15) is 35.4 Å². The van der Waals surface area contributed by atoms with E-state index in [9.17, 15) is 9.90 Å². The molecule has 1 saturated carbocycles. The average Bonchev–Trinajstić information content (AvgIpc) is 2.93. The minimum absolute atomic E-state index is 0.132. The number of aromatic nitrogens is 1. The van der Waals surface area contributed by atoms with Crippen molar-refractivity contribution in [1.29, 1.82) is 0 Å². The second-order valence-corrected chi connectivity index (χ2v) is 5.77. The van der Waals surface area contributed by atoms with Crippen molar-refractivity contribution in [3.05, 3.63) is 10.0 Å². The van der Waals surface area contributed by atoms with Crippen LogP contribution >= 0.6 is 22.9 Å². The van der Waals surface area contributed by atoms with Crippen LogP contribution in [0.3, 0.4) is 0 Å². The number of rotatable bonds is 4. The third-order valence-corrected chi connectivity index (χ3v) is 4.44. The van der Waals surface area contributed by atoms with Gasteiger partial charge >= 0.3 is 5.97 Å². The lowest BCUT2D eigenvalue weighted by atomic mass is 10.0. The first-order chi connectivity index (χ1) is 8.54. The Balaban J connectivity index is 2.00. The van der Waals surface area contributed by atoms with Crippen molar-refractivity contribution >= 4 is 34.0 Å². The fourth-order valence-corrected chi connectivity index (χ4v) is 3.14. The second kappa shape index (κ2) is 5.42. The summed E-state index contributed by atoms with van der Waals surface area (Å²) in [6, 6.07) is 0. The van der Waals surface area contributed by atoms with Crippen LogP contribution in [0.25, 0.3) is 0 Å².